The van der Waals surface area contributed by atoms with Crippen molar-refractivity contribution in [1.29, 1.82) is 0 Å². The third-order valence-electron chi connectivity index (χ3n) is 6.19. The van der Waals surface area contributed by atoms with Crippen molar-refractivity contribution in [1.82, 2.24) is 0 Å². The molecular weight excluding hydrogens is 602 g/mol. The number of nitrogens with one attached hydrogen (secondary N) is 2. The molecule has 0 fully saturated rings. The van der Waals surface area contributed by atoms with Crippen molar-refractivity contribution < 1.29 is 98.0 Å². The minimum atomic E-state index is -0.335. The molecule has 0 spiro atoms. The van der Waals surface area contributed by atoms with E-state index in [9.17, 15) is 20.1 Å². The molecule has 0 aromatic heterocycles. The number of rotatable bonds is 10. The van der Waals surface area contributed by atoms with Crippen LogP contribution >= 0.6 is 24.1 Å². The first-order valence-electron chi connectivity index (χ1n) is 11.8. The quantitative estimate of drug-likeness (QED) is 0.0858. The van der Waals surface area contributed by atoms with Gasteiger partial charge in [-0.1, -0.05) is 36.4 Å². The Bertz CT molecular complexity index is 1510. The van der Waals surface area contributed by atoms with Crippen LogP contribution in [0.4, 0.5) is 22.7 Å². The molecule has 4 aromatic carbocycles. The zero-order chi connectivity index (χ0) is 28.2. The summed E-state index contributed by atoms with van der Waals surface area (Å²) in [6.45, 7) is 3.75. The molecule has 204 valence electrons. The maximum atomic E-state index is 13.8. The van der Waals surface area contributed by atoms with Gasteiger partial charge in [0.1, 0.15) is 0 Å². The van der Waals surface area contributed by atoms with Crippen LogP contribution in [-0.2, 0) is 18.7 Å². The Hall–Kier alpha value is -1.72. The first kappa shape index (κ1) is 34.8. The van der Waals surface area contributed by atoms with Gasteiger partial charge in [0, 0.05) is 11.1 Å². The predicted molar refractivity (Wildman–Crippen MR) is 145 cm³/mol. The number of anilines is 4. The number of benzene rings is 4. The van der Waals surface area contributed by atoms with E-state index in [2.05, 4.69) is 29.4 Å². The molecule has 1 aliphatic carbocycles. The Morgan fingerprint density at radius 1 is 0.595 bits per heavy atom. The second-order valence-corrected chi connectivity index (χ2v) is 10.3. The molecule has 0 aliphatic heterocycles. The Kier molecular flexibility index (Phi) is 13.1. The summed E-state index contributed by atoms with van der Waals surface area (Å²) in [4.78, 5) is 28.8. The van der Waals surface area contributed by atoms with Crippen LogP contribution in [-0.4, -0.2) is 11.6 Å². The summed E-state index contributed by atoms with van der Waals surface area (Å²) in [5.41, 5.74) is 4.54. The van der Waals surface area contributed by atoms with Gasteiger partial charge in [-0.3, -0.25) is 19.7 Å². The predicted octanol–water partition coefficient (Wildman–Crippen LogP) is -0.965. The smallest absolute Gasteiger partial charge is 0.691 e. The number of ketones is 2. The molecule has 1 aliphatic rings. The second-order valence-electron chi connectivity index (χ2n) is 8.80. The van der Waals surface area contributed by atoms with Crippen LogP contribution in [0.25, 0.3) is 0 Å². The van der Waals surface area contributed by atoms with E-state index >= 15 is 0 Å². The number of hydrogen-bond acceptors (Lipinski definition) is 12. The van der Waals surface area contributed by atoms with Crippen molar-refractivity contribution in [2.45, 2.75) is 23.6 Å². The first-order chi connectivity index (χ1) is 19.4. The average molecular weight is 623 g/mol. The first-order valence-corrected chi connectivity index (χ1v) is 13.3. The van der Waals surface area contributed by atoms with E-state index in [1.807, 2.05) is 26.0 Å². The van der Waals surface area contributed by atoms with Gasteiger partial charge in [-0.15, -0.1) is 0 Å². The monoisotopic (exact) mass is 622 g/mol. The summed E-state index contributed by atoms with van der Waals surface area (Å²) in [6, 6.07) is 20.8. The van der Waals surface area contributed by atoms with Crippen molar-refractivity contribution in [3.63, 3.8) is 0 Å². The fourth-order valence-electron chi connectivity index (χ4n) is 4.43. The molecule has 42 heavy (non-hydrogen) atoms. The van der Waals surface area contributed by atoms with Crippen LogP contribution in [0.5, 0.6) is 0 Å². The van der Waals surface area contributed by atoms with Gasteiger partial charge >= 0.3 is 59.1 Å². The molecule has 0 heterocycles. The van der Waals surface area contributed by atoms with Crippen molar-refractivity contribution in [2.24, 2.45) is 0 Å². The van der Waals surface area contributed by atoms with Gasteiger partial charge in [0.2, 0.25) is 0 Å². The van der Waals surface area contributed by atoms with Crippen LogP contribution in [0.2, 0.25) is 0 Å². The fourth-order valence-corrected chi connectivity index (χ4v) is 5.51. The van der Waals surface area contributed by atoms with Gasteiger partial charge in [0.05, 0.1) is 67.8 Å². The number of aryl methyl sites for hydroxylation is 2. The van der Waals surface area contributed by atoms with Gasteiger partial charge in [-0.2, -0.15) is 8.67 Å². The van der Waals surface area contributed by atoms with E-state index in [1.54, 1.807) is 60.7 Å². The summed E-state index contributed by atoms with van der Waals surface area (Å²) in [7, 11) is 0. The molecule has 2 N–H and O–H groups in total. The van der Waals surface area contributed by atoms with Gasteiger partial charge in [-0.25, -0.2) is 0 Å². The van der Waals surface area contributed by atoms with Gasteiger partial charge < -0.3 is 21.1 Å². The summed E-state index contributed by atoms with van der Waals surface area (Å²) >= 11 is 1.43. The molecule has 0 unspecified atom stereocenters. The zero-order valence-corrected chi connectivity index (χ0v) is 28.6. The summed E-state index contributed by atoms with van der Waals surface area (Å²) in [5.74, 6) is -0.670. The minimum Gasteiger partial charge on any atom is -0.691 e. The molecule has 4 aromatic rings. The Labute approximate surface area is 294 Å². The van der Waals surface area contributed by atoms with Crippen molar-refractivity contribution in [3.8, 4) is 0 Å². The molecule has 0 saturated heterocycles. The SMILES string of the molecule is Cc1ccc(Nc2ccc(Nc3ccc(C)cc3SOO[O-])c3c2C(=O)c2ccccc2C3=O)c(SOO[O-])c1.[Na+].[Na+]. The average Bonchev–Trinajstić information content (AvgIpc) is 2.96. The van der Waals surface area contributed by atoms with Crippen LogP contribution in [0.1, 0.15) is 43.0 Å². The van der Waals surface area contributed by atoms with E-state index in [0.717, 1.165) is 11.1 Å². The topological polar surface area (TPSA) is 141 Å². The molecule has 14 heteroatoms. The fraction of sp³-hybridized carbons (Fsp3) is 0.0714. The van der Waals surface area contributed by atoms with Crippen LogP contribution in [0.15, 0.2) is 82.6 Å². The molecule has 5 rings (SSSR count). The molecular formula is C28H20N2Na2O8S2. The third kappa shape index (κ3) is 7.49. The largest absolute Gasteiger partial charge is 1.00 e. The number of fused-ring (bicyclic) bond motifs is 2. The Morgan fingerprint density at radius 3 is 1.36 bits per heavy atom. The van der Waals surface area contributed by atoms with E-state index < -0.39 is 0 Å². The van der Waals surface area contributed by atoms with Gasteiger partial charge in [-0.05, 0) is 61.4 Å². The van der Waals surface area contributed by atoms with Crippen molar-refractivity contribution in [3.05, 3.63) is 106 Å². The van der Waals surface area contributed by atoms with Crippen LogP contribution in [0.3, 0.4) is 0 Å². The standard InChI is InChI=1S/C28H22N2O8S2.2Na/c1-15-7-9-19(23(13-15)39-37-35-33)29-21-11-12-22(30-20-10-8-16(2)14-24(20)40-38-36-34)26-25(21)27(31)17-5-3-4-6-18(17)28(26)32;;/h3-14,29-30,33-34H,1-2H3;;/q;2*+1/p-2. The van der Waals surface area contributed by atoms with Crippen molar-refractivity contribution >= 4 is 58.4 Å². The van der Waals surface area contributed by atoms with E-state index in [0.29, 0.717) is 56.6 Å². The zero-order valence-electron chi connectivity index (χ0n) is 23.0. The van der Waals surface area contributed by atoms with Crippen LogP contribution < -0.4 is 80.3 Å². The normalized spacial score (nSPS) is 11.6. The molecule has 0 amide bonds. The molecule has 0 bridgehead atoms. The number of hydrogen-bond donors (Lipinski definition) is 2. The number of carbonyl (C=O) groups excluding carboxylic acids is 2. The Morgan fingerprint density at radius 2 is 0.976 bits per heavy atom. The molecule has 0 saturated carbocycles. The van der Waals surface area contributed by atoms with Crippen molar-refractivity contribution in [2.75, 3.05) is 10.6 Å². The van der Waals surface area contributed by atoms with Gasteiger partial charge in [0.25, 0.3) is 0 Å². The maximum absolute atomic E-state index is 13.8. The third-order valence-corrected chi connectivity index (χ3v) is 7.47. The van der Waals surface area contributed by atoms with E-state index in [1.165, 1.54) is 0 Å². The summed E-state index contributed by atoms with van der Waals surface area (Å²) < 4.78 is 9.07. The van der Waals surface area contributed by atoms with Crippen LogP contribution in [0, 0.1) is 13.8 Å². The summed E-state index contributed by atoms with van der Waals surface area (Å²) in [6.07, 6.45) is 0. The molecule has 10 nitrogen and oxygen atoms in total. The molecule has 0 radical (unpaired) electrons. The van der Waals surface area contributed by atoms with E-state index in [4.69, 9.17) is 0 Å². The Balaban J connectivity index is 0.00000242. The second kappa shape index (κ2) is 15.8. The maximum Gasteiger partial charge on any atom is 1.00 e. The minimum absolute atomic E-state index is 0. The molecule has 0 atom stereocenters. The van der Waals surface area contributed by atoms with E-state index in [-0.39, 0.29) is 92.9 Å². The summed E-state index contributed by atoms with van der Waals surface area (Å²) in [5, 5.41) is 34.4. The number of carbonyl (C=O) groups is 2. The van der Waals surface area contributed by atoms with Gasteiger partial charge in [0.15, 0.2) is 11.6 Å².